The van der Waals surface area contributed by atoms with Gasteiger partial charge in [-0.05, 0) is 48.7 Å². The smallest absolute Gasteiger partial charge is 0.263 e. The molecule has 0 aliphatic carbocycles. The van der Waals surface area contributed by atoms with Gasteiger partial charge >= 0.3 is 0 Å². The molecule has 0 fully saturated rings. The summed E-state index contributed by atoms with van der Waals surface area (Å²) >= 11 is 0. The van der Waals surface area contributed by atoms with Gasteiger partial charge in [-0.3, -0.25) is 9.59 Å². The SMILES string of the molecule is CN(C(=O)c1cn2c3c(cccc3c1=O)CCC2)c1ccc(F)cc1. The van der Waals surface area contributed by atoms with Crippen LogP contribution in [0.5, 0.6) is 0 Å². The summed E-state index contributed by atoms with van der Waals surface area (Å²) in [5, 5.41) is 0.579. The summed E-state index contributed by atoms with van der Waals surface area (Å²) in [5.41, 5.74) is 2.50. The molecule has 0 atom stereocenters. The predicted molar refractivity (Wildman–Crippen MR) is 95.7 cm³/mol. The average Bonchev–Trinajstić information content (AvgIpc) is 2.64. The van der Waals surface area contributed by atoms with Crippen molar-refractivity contribution in [1.82, 2.24) is 4.57 Å². The molecule has 3 aromatic rings. The van der Waals surface area contributed by atoms with Gasteiger partial charge in [0.15, 0.2) is 0 Å². The van der Waals surface area contributed by atoms with Gasteiger partial charge in [-0.15, -0.1) is 0 Å². The summed E-state index contributed by atoms with van der Waals surface area (Å²) in [5.74, 6) is -0.759. The Morgan fingerprint density at radius 2 is 1.92 bits per heavy atom. The molecule has 25 heavy (non-hydrogen) atoms. The summed E-state index contributed by atoms with van der Waals surface area (Å²) < 4.78 is 15.1. The molecule has 4 nitrogen and oxygen atoms in total. The van der Waals surface area contributed by atoms with E-state index in [0.29, 0.717) is 11.1 Å². The first-order valence-corrected chi connectivity index (χ1v) is 8.25. The lowest BCUT2D eigenvalue weighted by Gasteiger charge is -2.22. The number of aromatic nitrogens is 1. The van der Waals surface area contributed by atoms with Crippen molar-refractivity contribution in [2.75, 3.05) is 11.9 Å². The molecule has 0 spiro atoms. The lowest BCUT2D eigenvalue weighted by Crippen LogP contribution is -2.32. The Balaban J connectivity index is 1.84. The second-order valence-corrected chi connectivity index (χ2v) is 6.32. The number of rotatable bonds is 2. The van der Waals surface area contributed by atoms with Crippen LogP contribution in [0.2, 0.25) is 0 Å². The topological polar surface area (TPSA) is 42.3 Å². The van der Waals surface area contributed by atoms with E-state index in [1.54, 1.807) is 19.3 Å². The minimum atomic E-state index is -0.391. The number of carbonyl (C=O) groups is 1. The van der Waals surface area contributed by atoms with Crippen molar-refractivity contribution in [2.24, 2.45) is 0 Å². The van der Waals surface area contributed by atoms with Crippen molar-refractivity contribution in [1.29, 1.82) is 0 Å². The second kappa shape index (κ2) is 5.84. The monoisotopic (exact) mass is 336 g/mol. The normalized spacial score (nSPS) is 13.0. The number of carbonyl (C=O) groups excluding carboxylic acids is 1. The van der Waals surface area contributed by atoms with Crippen LogP contribution < -0.4 is 10.3 Å². The number of hydrogen-bond donors (Lipinski definition) is 0. The fraction of sp³-hybridized carbons (Fsp3) is 0.200. The van der Waals surface area contributed by atoms with Crippen molar-refractivity contribution in [3.63, 3.8) is 0 Å². The molecular formula is C20H17FN2O2. The quantitative estimate of drug-likeness (QED) is 0.720. The molecule has 0 saturated carbocycles. The summed E-state index contributed by atoms with van der Waals surface area (Å²) in [7, 11) is 1.59. The average molecular weight is 336 g/mol. The molecule has 0 unspecified atom stereocenters. The van der Waals surface area contributed by atoms with E-state index in [9.17, 15) is 14.0 Å². The maximum atomic E-state index is 13.1. The molecule has 0 radical (unpaired) electrons. The molecule has 0 N–H and O–H groups in total. The predicted octanol–water partition coefficient (Wildman–Crippen LogP) is 3.36. The largest absolute Gasteiger partial charge is 0.346 e. The van der Waals surface area contributed by atoms with E-state index in [-0.39, 0.29) is 16.8 Å². The number of para-hydroxylation sites is 1. The van der Waals surface area contributed by atoms with Gasteiger partial charge in [0, 0.05) is 30.9 Å². The van der Waals surface area contributed by atoms with Crippen LogP contribution >= 0.6 is 0 Å². The van der Waals surface area contributed by atoms with Gasteiger partial charge in [-0.1, -0.05) is 12.1 Å². The molecule has 126 valence electrons. The standard InChI is InChI=1S/C20H17FN2O2/c1-22(15-9-7-14(21)8-10-15)20(25)17-12-23-11-3-5-13-4-2-6-16(18(13)23)19(17)24/h2,4,6-10,12H,3,5,11H2,1H3. The van der Waals surface area contributed by atoms with E-state index < -0.39 is 5.91 Å². The molecule has 1 aromatic heterocycles. The first-order chi connectivity index (χ1) is 12.1. The molecule has 0 bridgehead atoms. The van der Waals surface area contributed by atoms with E-state index >= 15 is 0 Å². The number of hydrogen-bond acceptors (Lipinski definition) is 2. The molecule has 4 rings (SSSR count). The van der Waals surface area contributed by atoms with Crippen LogP contribution in [0.1, 0.15) is 22.3 Å². The number of amides is 1. The van der Waals surface area contributed by atoms with Crippen molar-refractivity contribution >= 4 is 22.5 Å². The molecule has 1 amide bonds. The Bertz CT molecular complexity index is 1040. The maximum Gasteiger partial charge on any atom is 0.263 e. The van der Waals surface area contributed by atoms with Crippen molar-refractivity contribution in [2.45, 2.75) is 19.4 Å². The lowest BCUT2D eigenvalue weighted by atomic mass is 9.99. The Hall–Kier alpha value is -2.95. The van der Waals surface area contributed by atoms with Crippen LogP contribution in [0, 0.1) is 5.82 Å². The van der Waals surface area contributed by atoms with Gasteiger partial charge < -0.3 is 9.47 Å². The van der Waals surface area contributed by atoms with Crippen LogP contribution in [0.25, 0.3) is 10.9 Å². The highest BCUT2D eigenvalue weighted by Gasteiger charge is 2.22. The zero-order valence-corrected chi connectivity index (χ0v) is 13.8. The molecular weight excluding hydrogens is 319 g/mol. The third-order valence-electron chi connectivity index (χ3n) is 4.78. The minimum Gasteiger partial charge on any atom is -0.346 e. The van der Waals surface area contributed by atoms with Crippen molar-refractivity contribution in [3.8, 4) is 0 Å². The number of pyridine rings is 1. The first-order valence-electron chi connectivity index (χ1n) is 8.25. The van der Waals surface area contributed by atoms with Crippen LogP contribution in [-0.2, 0) is 13.0 Å². The van der Waals surface area contributed by atoms with Gasteiger partial charge in [0.05, 0.1) is 5.52 Å². The van der Waals surface area contributed by atoms with E-state index in [2.05, 4.69) is 0 Å². The molecule has 1 aliphatic heterocycles. The van der Waals surface area contributed by atoms with E-state index in [0.717, 1.165) is 30.5 Å². The number of halogens is 1. The van der Waals surface area contributed by atoms with Gasteiger partial charge in [0.25, 0.3) is 5.91 Å². The Morgan fingerprint density at radius 1 is 1.16 bits per heavy atom. The van der Waals surface area contributed by atoms with Crippen LogP contribution in [0.4, 0.5) is 10.1 Å². The van der Waals surface area contributed by atoms with E-state index in [4.69, 9.17) is 0 Å². The van der Waals surface area contributed by atoms with Gasteiger partial charge in [0.1, 0.15) is 11.4 Å². The molecule has 0 saturated heterocycles. The summed E-state index contributed by atoms with van der Waals surface area (Å²) in [6.07, 6.45) is 3.59. The highest BCUT2D eigenvalue weighted by atomic mass is 19.1. The fourth-order valence-electron chi connectivity index (χ4n) is 3.47. The number of nitrogens with zero attached hydrogens (tertiary/aromatic N) is 2. The van der Waals surface area contributed by atoms with Crippen LogP contribution in [0.15, 0.2) is 53.5 Å². The Kier molecular flexibility index (Phi) is 3.64. The van der Waals surface area contributed by atoms with Crippen molar-refractivity contribution < 1.29 is 9.18 Å². The number of aryl methyl sites for hydroxylation is 2. The molecule has 5 heteroatoms. The summed E-state index contributed by atoms with van der Waals surface area (Å²) in [6.45, 7) is 0.786. The van der Waals surface area contributed by atoms with Gasteiger partial charge in [0.2, 0.25) is 5.43 Å². The van der Waals surface area contributed by atoms with Crippen LogP contribution in [0.3, 0.4) is 0 Å². The zero-order valence-electron chi connectivity index (χ0n) is 13.8. The fourth-order valence-corrected chi connectivity index (χ4v) is 3.47. The van der Waals surface area contributed by atoms with E-state index in [1.165, 1.54) is 29.2 Å². The number of anilines is 1. The molecule has 2 heterocycles. The highest BCUT2D eigenvalue weighted by molar-refractivity contribution is 6.07. The molecule has 1 aliphatic rings. The zero-order chi connectivity index (χ0) is 17.6. The highest BCUT2D eigenvalue weighted by Crippen LogP contribution is 2.24. The van der Waals surface area contributed by atoms with Gasteiger partial charge in [-0.25, -0.2) is 4.39 Å². The second-order valence-electron chi connectivity index (χ2n) is 6.32. The lowest BCUT2D eigenvalue weighted by molar-refractivity contribution is 0.0991. The first kappa shape index (κ1) is 15.6. The maximum absolute atomic E-state index is 13.1. The van der Waals surface area contributed by atoms with Crippen molar-refractivity contribution in [3.05, 3.63) is 75.8 Å². The summed E-state index contributed by atoms with van der Waals surface area (Å²) in [4.78, 5) is 27.1. The third kappa shape index (κ3) is 2.52. The van der Waals surface area contributed by atoms with E-state index in [1.807, 2.05) is 16.7 Å². The number of benzene rings is 2. The minimum absolute atomic E-state index is 0.137. The van der Waals surface area contributed by atoms with Gasteiger partial charge in [-0.2, -0.15) is 0 Å². The Morgan fingerprint density at radius 3 is 2.68 bits per heavy atom. The Labute approximate surface area is 144 Å². The summed E-state index contributed by atoms with van der Waals surface area (Å²) in [6, 6.07) is 11.3. The third-order valence-corrected chi connectivity index (χ3v) is 4.78. The molecule has 2 aromatic carbocycles. The van der Waals surface area contributed by atoms with Crippen LogP contribution in [-0.4, -0.2) is 17.5 Å².